The first kappa shape index (κ1) is 72.1. The van der Waals surface area contributed by atoms with Gasteiger partial charge in [0, 0.05) is 6.42 Å². The van der Waals surface area contributed by atoms with Gasteiger partial charge in [-0.1, -0.05) is 278 Å². The van der Waals surface area contributed by atoms with Crippen molar-refractivity contribution in [1.29, 1.82) is 0 Å². The molecule has 1 aliphatic heterocycles. The highest BCUT2D eigenvalue weighted by Gasteiger charge is 2.44. The molecule has 0 saturated carbocycles. The predicted molar refractivity (Wildman–Crippen MR) is 327 cm³/mol. The monoisotopic (exact) mass is 1080 g/mol. The maximum atomic E-state index is 13.1. The second-order valence-electron chi connectivity index (χ2n) is 21.8. The second kappa shape index (κ2) is 56.4. The van der Waals surface area contributed by atoms with E-state index in [2.05, 4.69) is 104 Å². The van der Waals surface area contributed by atoms with Crippen LogP contribution >= 0.6 is 0 Å². The van der Waals surface area contributed by atoms with Crippen LogP contribution in [0.4, 0.5) is 0 Å². The fraction of sp³-hybridized carbons (Fsp3) is 0.750. The molecule has 1 rings (SSSR count). The zero-order valence-electron chi connectivity index (χ0n) is 49.4. The molecule has 0 aromatic rings. The topological polar surface area (TPSA) is 149 Å². The van der Waals surface area contributed by atoms with Crippen LogP contribution in [0.2, 0.25) is 0 Å². The molecule has 1 aliphatic rings. The highest BCUT2D eigenvalue weighted by molar-refractivity contribution is 5.76. The van der Waals surface area contributed by atoms with Crippen LogP contribution in [0.1, 0.15) is 271 Å². The molecular weight excluding hydrogens is 959 g/mol. The number of aliphatic hydroxyl groups is 5. The minimum absolute atomic E-state index is 0.193. The Hall–Kier alpha value is -2.89. The van der Waals surface area contributed by atoms with Crippen LogP contribution in [0.25, 0.3) is 0 Å². The van der Waals surface area contributed by atoms with Crippen molar-refractivity contribution < 1.29 is 39.8 Å². The van der Waals surface area contributed by atoms with Gasteiger partial charge in [0.05, 0.1) is 25.4 Å². The first-order valence-corrected chi connectivity index (χ1v) is 32.0. The number of nitrogens with one attached hydrogen (secondary N) is 1. The van der Waals surface area contributed by atoms with Crippen LogP contribution in [0, 0.1) is 0 Å². The van der Waals surface area contributed by atoms with Gasteiger partial charge >= 0.3 is 0 Å². The lowest BCUT2D eigenvalue weighted by Crippen LogP contribution is -2.60. The van der Waals surface area contributed by atoms with Crippen molar-refractivity contribution in [3.8, 4) is 0 Å². The van der Waals surface area contributed by atoms with Gasteiger partial charge in [-0.2, -0.15) is 0 Å². The number of hydrogen-bond donors (Lipinski definition) is 6. The van der Waals surface area contributed by atoms with Crippen molar-refractivity contribution in [1.82, 2.24) is 5.32 Å². The van der Waals surface area contributed by atoms with Crippen molar-refractivity contribution in [3.05, 3.63) is 97.2 Å². The first-order chi connectivity index (χ1) is 37.8. The summed E-state index contributed by atoms with van der Waals surface area (Å²) in [6.07, 6.45) is 74.8. The van der Waals surface area contributed by atoms with Gasteiger partial charge in [0.15, 0.2) is 6.29 Å². The lowest BCUT2D eigenvalue weighted by Gasteiger charge is -2.40. The predicted octanol–water partition coefficient (Wildman–Crippen LogP) is 16.7. The minimum Gasteiger partial charge on any atom is -0.394 e. The maximum Gasteiger partial charge on any atom is 0.220 e. The van der Waals surface area contributed by atoms with E-state index in [-0.39, 0.29) is 12.5 Å². The van der Waals surface area contributed by atoms with Crippen molar-refractivity contribution in [2.75, 3.05) is 13.2 Å². The molecule has 7 unspecified atom stereocenters. The van der Waals surface area contributed by atoms with Gasteiger partial charge in [0.25, 0.3) is 0 Å². The molecule has 9 nitrogen and oxygen atoms in total. The molecule has 1 heterocycles. The van der Waals surface area contributed by atoms with Crippen molar-refractivity contribution >= 4 is 5.91 Å². The van der Waals surface area contributed by atoms with Crippen molar-refractivity contribution in [2.45, 2.75) is 314 Å². The summed E-state index contributed by atoms with van der Waals surface area (Å²) < 4.78 is 11.3. The second-order valence-corrected chi connectivity index (χ2v) is 21.8. The van der Waals surface area contributed by atoms with E-state index in [0.717, 1.165) is 89.9 Å². The van der Waals surface area contributed by atoms with E-state index in [9.17, 15) is 30.3 Å². The Morgan fingerprint density at radius 3 is 1.25 bits per heavy atom. The van der Waals surface area contributed by atoms with Crippen LogP contribution in [-0.2, 0) is 14.3 Å². The summed E-state index contributed by atoms with van der Waals surface area (Å²) in [5, 5.41) is 54.6. The lowest BCUT2D eigenvalue weighted by molar-refractivity contribution is -0.302. The molecule has 9 heteroatoms. The number of rotatable bonds is 54. The Bertz CT molecular complexity index is 1530. The normalized spacial score (nSPS) is 19.4. The quantitative estimate of drug-likeness (QED) is 0.0261. The number of unbranched alkanes of at least 4 members (excludes halogenated alkanes) is 30. The molecule has 0 radical (unpaired) electrons. The van der Waals surface area contributed by atoms with Crippen LogP contribution in [0.5, 0.6) is 0 Å². The molecule has 6 N–H and O–H groups in total. The summed E-state index contributed by atoms with van der Waals surface area (Å²) in [6, 6.07) is -0.832. The molecule has 1 fully saturated rings. The van der Waals surface area contributed by atoms with E-state index in [0.29, 0.717) is 6.42 Å². The molecule has 0 spiro atoms. The third kappa shape index (κ3) is 45.5. The number of allylic oxidation sites excluding steroid dienone is 15. The van der Waals surface area contributed by atoms with E-state index >= 15 is 0 Å². The lowest BCUT2D eigenvalue weighted by atomic mass is 9.99. The van der Waals surface area contributed by atoms with E-state index in [1.165, 1.54) is 161 Å². The van der Waals surface area contributed by atoms with Crippen LogP contribution < -0.4 is 5.32 Å². The third-order valence-electron chi connectivity index (χ3n) is 14.6. The Labute approximate surface area is 473 Å². The van der Waals surface area contributed by atoms with Crippen LogP contribution in [0.3, 0.4) is 0 Å². The van der Waals surface area contributed by atoms with E-state index in [4.69, 9.17) is 9.47 Å². The van der Waals surface area contributed by atoms with Crippen LogP contribution in [0.15, 0.2) is 97.2 Å². The number of ether oxygens (including phenoxy) is 2. The van der Waals surface area contributed by atoms with E-state index in [1.54, 1.807) is 6.08 Å². The van der Waals surface area contributed by atoms with Gasteiger partial charge in [-0.3, -0.25) is 4.79 Å². The van der Waals surface area contributed by atoms with Gasteiger partial charge in [-0.05, 0) is 83.5 Å². The Kier molecular flexibility index (Phi) is 52.8. The fourth-order valence-electron chi connectivity index (χ4n) is 9.65. The van der Waals surface area contributed by atoms with Gasteiger partial charge in [-0.15, -0.1) is 0 Å². The molecule has 1 amide bonds. The molecular formula is C68H119NO8. The first-order valence-electron chi connectivity index (χ1n) is 32.0. The number of aliphatic hydroxyl groups excluding tert-OH is 5. The summed E-state index contributed by atoms with van der Waals surface area (Å²) in [5.41, 5.74) is 0. The molecule has 0 bridgehead atoms. The summed E-state index contributed by atoms with van der Waals surface area (Å²) in [5.74, 6) is -0.193. The fourth-order valence-corrected chi connectivity index (χ4v) is 9.65. The molecule has 77 heavy (non-hydrogen) atoms. The molecule has 0 aromatic carbocycles. The maximum absolute atomic E-state index is 13.1. The number of hydrogen-bond acceptors (Lipinski definition) is 8. The minimum atomic E-state index is -1.58. The summed E-state index contributed by atoms with van der Waals surface area (Å²) in [7, 11) is 0. The highest BCUT2D eigenvalue weighted by atomic mass is 16.7. The molecule has 0 aliphatic carbocycles. The Balaban J connectivity index is 2.22. The zero-order valence-corrected chi connectivity index (χ0v) is 49.4. The summed E-state index contributed by atoms with van der Waals surface area (Å²) >= 11 is 0. The smallest absolute Gasteiger partial charge is 0.220 e. The highest BCUT2D eigenvalue weighted by Crippen LogP contribution is 2.23. The Morgan fingerprint density at radius 2 is 0.818 bits per heavy atom. The van der Waals surface area contributed by atoms with E-state index < -0.39 is 49.5 Å². The summed E-state index contributed by atoms with van der Waals surface area (Å²) in [4.78, 5) is 13.1. The van der Waals surface area contributed by atoms with Gasteiger partial charge in [0.2, 0.25) is 5.91 Å². The number of carbonyl (C=O) groups excluding carboxylic acids is 1. The Morgan fingerprint density at radius 1 is 0.455 bits per heavy atom. The standard InChI is InChI=1S/C68H119NO8/c1-3-5-7-9-11-13-15-17-19-21-23-25-27-29-30-31-32-34-36-38-40-42-44-46-48-50-52-54-56-58-64(72)69-61(60-76-68-67(75)66(74)65(73)63(59-70)77-68)62(71)57-55-53-51-49-47-45-43-41-39-37-35-33-28-26-24-22-20-18-16-14-12-10-8-6-4-2/h5,7,11,13,17,19,23,25,29-30,32,34,47,49,55,57,61-63,65-68,70-71,73-75H,3-4,6,8-10,12,14-16,18,20-22,24,26-28,31,33,35-46,48,50-54,56,58-60H2,1-2H3,(H,69,72)/b7-5-,13-11-,19-17-,25-23-,30-29-,34-32-,49-47+,57-55+. The van der Waals surface area contributed by atoms with Crippen LogP contribution in [-0.4, -0.2) is 87.5 Å². The average Bonchev–Trinajstić information content (AvgIpc) is 3.43. The van der Waals surface area contributed by atoms with E-state index in [1.807, 2.05) is 6.08 Å². The van der Waals surface area contributed by atoms with Gasteiger partial charge in [-0.25, -0.2) is 0 Å². The molecule has 7 atom stereocenters. The molecule has 444 valence electrons. The SMILES string of the molecule is CC/C=C\C/C=C\C/C=C\C/C=C\C/C=C\C/C=C\CCCCCCCCCCCCC(=O)NC(COC1OC(CO)C(O)C(O)C1O)C(O)/C=C/CC/C=C/CCCCCCCCCCCCCCCCCCCCC. The summed E-state index contributed by atoms with van der Waals surface area (Å²) in [6.45, 7) is 3.67. The largest absolute Gasteiger partial charge is 0.394 e. The zero-order chi connectivity index (χ0) is 55.8. The van der Waals surface area contributed by atoms with Crippen molar-refractivity contribution in [2.24, 2.45) is 0 Å². The van der Waals surface area contributed by atoms with Gasteiger partial charge in [0.1, 0.15) is 24.4 Å². The molecule has 0 aromatic heterocycles. The number of carbonyl (C=O) groups is 1. The van der Waals surface area contributed by atoms with Crippen molar-refractivity contribution in [3.63, 3.8) is 0 Å². The molecule has 1 saturated heterocycles. The number of amides is 1. The van der Waals surface area contributed by atoms with Gasteiger partial charge < -0.3 is 40.3 Å². The average molecular weight is 1080 g/mol. The third-order valence-corrected chi connectivity index (χ3v) is 14.6.